The van der Waals surface area contributed by atoms with E-state index in [2.05, 4.69) is 29.9 Å². The molecule has 0 saturated carbocycles. The van der Waals surface area contributed by atoms with E-state index in [4.69, 9.17) is 29.6 Å². The monoisotopic (exact) mass is 690 g/mol. The number of imidazole rings is 2. The number of hydrogen-bond donors (Lipinski definition) is 6. The van der Waals surface area contributed by atoms with E-state index in [1.54, 1.807) is 0 Å². The number of nitrogens with two attached hydrogens (primary N) is 2. The van der Waals surface area contributed by atoms with Crippen LogP contribution in [0.1, 0.15) is 10.7 Å². The predicted molar refractivity (Wildman–Crippen MR) is 154 cm³/mol. The maximum atomic E-state index is 13.2. The molecule has 0 spiro atoms. The Morgan fingerprint density at radius 2 is 1.14 bits per heavy atom. The number of phosphoric acid groups is 2. The van der Waals surface area contributed by atoms with Crippen LogP contribution in [0.2, 0.25) is 0 Å². The van der Waals surface area contributed by atoms with Crippen molar-refractivity contribution in [3.63, 3.8) is 0 Å². The van der Waals surface area contributed by atoms with Crippen molar-refractivity contribution in [3.05, 3.63) is 25.3 Å². The normalized spacial score (nSPS) is 38.3. The Morgan fingerprint density at radius 1 is 0.727 bits per heavy atom. The topological polar surface area (TPSA) is 291 Å². The Kier molecular flexibility index (Phi) is 7.63. The number of phosphoric ester groups is 2. The van der Waals surface area contributed by atoms with Gasteiger partial charge in [0.1, 0.15) is 58.9 Å². The molecule has 3 saturated heterocycles. The first-order valence-electron chi connectivity index (χ1n) is 12.8. The number of nitrogens with zero attached hydrogens (tertiary/aromatic N) is 8. The van der Waals surface area contributed by atoms with Gasteiger partial charge in [-0.15, -0.1) is 23.5 Å². The van der Waals surface area contributed by atoms with Crippen LogP contribution in [0.25, 0.3) is 22.3 Å². The van der Waals surface area contributed by atoms with E-state index in [0.29, 0.717) is 0 Å². The molecule has 44 heavy (non-hydrogen) atoms. The van der Waals surface area contributed by atoms with Gasteiger partial charge in [0.25, 0.3) is 0 Å². The maximum Gasteiger partial charge on any atom is 0.472 e. The maximum absolute atomic E-state index is 13.2. The molecule has 2 unspecified atom stereocenters. The molecule has 0 aromatic carbocycles. The molecule has 4 aromatic rings. The molecule has 3 fully saturated rings. The van der Waals surface area contributed by atoms with Gasteiger partial charge in [-0.2, -0.15) is 0 Å². The number of anilines is 2. The summed E-state index contributed by atoms with van der Waals surface area (Å²) in [6.07, 6.45) is -0.593. The standard InChI is InChI=1S/C20H24N10O10P2S2/c21-15-9-17(25-3-23-15)29(5-27-9)19-11(31)13-7(43-19)1-37-41(33,34)40-14-8(2-38-42(35,36)39-13)44-20(12(14)32)30-6-28-10-16(22)24-4-26-18(10)30/h3-8,11-14,19-20,31-32H,1-2H2,(H,33,34)(H,35,36)(H2,21,23,25)(H2,22,24,26)/t7-,8-,11-,12-,13-,14-,19-,20-/m1/s1. The Balaban J connectivity index is 1.17. The van der Waals surface area contributed by atoms with Crippen molar-refractivity contribution in [3.8, 4) is 0 Å². The number of fused-ring (bicyclic) bond motifs is 4. The predicted octanol–water partition coefficient (Wildman–Crippen LogP) is -0.202. The van der Waals surface area contributed by atoms with E-state index in [1.165, 1.54) is 34.4 Å². The Bertz CT molecular complexity index is 1700. The Morgan fingerprint density at radius 3 is 1.55 bits per heavy atom. The molecule has 20 nitrogen and oxygen atoms in total. The van der Waals surface area contributed by atoms with Gasteiger partial charge in [-0.05, 0) is 0 Å². The first-order valence-corrected chi connectivity index (χ1v) is 17.6. The van der Waals surface area contributed by atoms with E-state index < -0.39 is 74.5 Å². The minimum absolute atomic E-state index is 0.107. The van der Waals surface area contributed by atoms with Gasteiger partial charge in [-0.25, -0.2) is 39.0 Å². The van der Waals surface area contributed by atoms with Crippen LogP contribution in [0.5, 0.6) is 0 Å². The second-order valence-electron chi connectivity index (χ2n) is 9.95. The van der Waals surface area contributed by atoms with Gasteiger partial charge < -0.3 is 31.5 Å². The zero-order valence-corrected chi connectivity index (χ0v) is 25.4. The molecule has 7 heterocycles. The number of aliphatic hydroxyl groups excluding tert-OH is 2. The molecule has 236 valence electrons. The van der Waals surface area contributed by atoms with Crippen molar-refractivity contribution >= 4 is 73.1 Å². The highest BCUT2D eigenvalue weighted by molar-refractivity contribution is 8.00. The van der Waals surface area contributed by atoms with Crippen molar-refractivity contribution in [2.75, 3.05) is 24.7 Å². The summed E-state index contributed by atoms with van der Waals surface area (Å²) in [7, 11) is -9.74. The van der Waals surface area contributed by atoms with E-state index in [1.807, 2.05) is 0 Å². The van der Waals surface area contributed by atoms with Crippen LogP contribution in [-0.2, 0) is 27.2 Å². The van der Waals surface area contributed by atoms with E-state index >= 15 is 0 Å². The fraction of sp³-hybridized carbons (Fsp3) is 0.500. The van der Waals surface area contributed by atoms with Crippen LogP contribution in [0.15, 0.2) is 25.3 Å². The van der Waals surface area contributed by atoms with Crippen LogP contribution < -0.4 is 11.5 Å². The zero-order chi connectivity index (χ0) is 31.0. The molecule has 24 heteroatoms. The fourth-order valence-electron chi connectivity index (χ4n) is 5.24. The van der Waals surface area contributed by atoms with E-state index in [0.717, 1.165) is 23.5 Å². The average molecular weight is 691 g/mol. The second-order valence-corrected chi connectivity index (χ2v) is 15.5. The number of aromatic nitrogens is 8. The summed E-state index contributed by atoms with van der Waals surface area (Å²) in [4.78, 5) is 45.8. The third-order valence-electron chi connectivity index (χ3n) is 7.26. The van der Waals surface area contributed by atoms with Crippen molar-refractivity contribution in [1.82, 2.24) is 39.0 Å². The minimum Gasteiger partial charge on any atom is -0.387 e. The lowest BCUT2D eigenvalue weighted by Gasteiger charge is -2.28. The molecule has 0 amide bonds. The molecular weight excluding hydrogens is 666 g/mol. The van der Waals surface area contributed by atoms with Gasteiger partial charge in [0.15, 0.2) is 22.9 Å². The van der Waals surface area contributed by atoms with Gasteiger partial charge in [0, 0.05) is 0 Å². The van der Waals surface area contributed by atoms with Crippen molar-refractivity contribution < 1.29 is 47.2 Å². The SMILES string of the molecule is Nc1ncnc2c1ncn2[C@@H]1S[C@@H]2COP(=O)(O)O[C@H]3[C@@H](O)[C@H](n4cnc5c(N)ncnc54)S[C@@H]3COP(=O)(O)O[C@H]2[C@H]1O. The van der Waals surface area contributed by atoms with Crippen LogP contribution >= 0.6 is 39.2 Å². The molecule has 3 aliphatic rings. The van der Waals surface area contributed by atoms with Crippen molar-refractivity contribution in [2.45, 2.75) is 45.7 Å². The van der Waals surface area contributed by atoms with Crippen LogP contribution in [0.4, 0.5) is 11.6 Å². The first-order chi connectivity index (χ1) is 20.9. The van der Waals surface area contributed by atoms with E-state index in [-0.39, 0.29) is 34.0 Å². The quantitative estimate of drug-likeness (QED) is 0.148. The molecule has 7 rings (SSSR count). The fourth-order valence-corrected chi connectivity index (χ4v) is 10.5. The highest BCUT2D eigenvalue weighted by Gasteiger charge is 2.53. The lowest BCUT2D eigenvalue weighted by atomic mass is 10.1. The molecule has 8 N–H and O–H groups in total. The lowest BCUT2D eigenvalue weighted by Crippen LogP contribution is -2.38. The average Bonchev–Trinajstić information content (AvgIpc) is 3.73. The summed E-state index contributed by atoms with van der Waals surface area (Å²) in [5, 5.41) is 18.7. The summed E-state index contributed by atoms with van der Waals surface area (Å²) in [5.74, 6) is 0.214. The summed E-state index contributed by atoms with van der Waals surface area (Å²) in [6.45, 7) is -1.13. The molecule has 10 atom stereocenters. The summed E-state index contributed by atoms with van der Waals surface area (Å²) < 4.78 is 50.7. The molecular formula is C20H24N10O10P2S2. The third-order valence-corrected chi connectivity index (χ3v) is 12.3. The largest absolute Gasteiger partial charge is 0.472 e. The first kappa shape index (κ1) is 30.2. The lowest BCUT2D eigenvalue weighted by molar-refractivity contribution is -0.0190. The molecule has 0 aliphatic carbocycles. The van der Waals surface area contributed by atoms with Gasteiger partial charge in [-0.1, -0.05) is 0 Å². The molecule has 0 radical (unpaired) electrons. The van der Waals surface area contributed by atoms with Crippen molar-refractivity contribution in [2.24, 2.45) is 0 Å². The summed E-state index contributed by atoms with van der Waals surface area (Å²) >= 11 is 2.03. The summed E-state index contributed by atoms with van der Waals surface area (Å²) in [5.41, 5.74) is 12.8. The number of hydrogen-bond acceptors (Lipinski definition) is 18. The minimum atomic E-state index is -4.87. The van der Waals surface area contributed by atoms with Gasteiger partial charge in [0.05, 0.1) is 36.4 Å². The van der Waals surface area contributed by atoms with Gasteiger partial charge in [0.2, 0.25) is 0 Å². The zero-order valence-electron chi connectivity index (χ0n) is 22.0. The Labute approximate surface area is 254 Å². The molecule has 4 aromatic heterocycles. The van der Waals surface area contributed by atoms with Crippen LogP contribution in [0, 0.1) is 0 Å². The highest BCUT2D eigenvalue weighted by atomic mass is 32.2. The second kappa shape index (κ2) is 11.1. The smallest absolute Gasteiger partial charge is 0.387 e. The molecule has 0 bridgehead atoms. The third kappa shape index (κ3) is 5.27. The number of nitrogen functional groups attached to an aromatic ring is 2. The molecule has 3 aliphatic heterocycles. The highest BCUT2D eigenvalue weighted by Crippen LogP contribution is 2.58. The number of aliphatic hydroxyl groups is 2. The summed E-state index contributed by atoms with van der Waals surface area (Å²) in [6, 6.07) is 0. The van der Waals surface area contributed by atoms with Gasteiger partial charge in [-0.3, -0.25) is 27.2 Å². The van der Waals surface area contributed by atoms with Crippen LogP contribution in [-0.4, -0.2) is 107 Å². The van der Waals surface area contributed by atoms with Crippen LogP contribution in [0.3, 0.4) is 0 Å². The van der Waals surface area contributed by atoms with E-state index in [9.17, 15) is 29.1 Å². The van der Waals surface area contributed by atoms with Crippen molar-refractivity contribution in [1.29, 1.82) is 0 Å². The number of thioether (sulfide) groups is 2. The van der Waals surface area contributed by atoms with Gasteiger partial charge >= 0.3 is 15.6 Å². The number of rotatable bonds is 2. The Hall–Kier alpha value is -2.46.